The van der Waals surface area contributed by atoms with Gasteiger partial charge >= 0.3 is 0 Å². The van der Waals surface area contributed by atoms with Gasteiger partial charge in [-0.1, -0.05) is 0 Å². The minimum Gasteiger partial charge on any atom is -0.396 e. The molecule has 0 unspecified atom stereocenters. The second kappa shape index (κ2) is 8.93. The summed E-state index contributed by atoms with van der Waals surface area (Å²) >= 11 is 0. The van der Waals surface area contributed by atoms with Gasteiger partial charge in [0, 0.05) is 19.8 Å². The standard InChI is InChI=1S/C9H19NO4/c1-3-13-9(14-4-2)8(6-11)5-10-7-12/h7-9,11H,3-6H2,1-2H3,(H,10,12)/t8-/m1/s1. The average Bonchev–Trinajstić information content (AvgIpc) is 2.19. The van der Waals surface area contributed by atoms with Crippen LogP contribution in [0.3, 0.4) is 0 Å². The predicted octanol–water partition coefficient (Wildman–Crippen LogP) is -0.260. The summed E-state index contributed by atoms with van der Waals surface area (Å²) in [4.78, 5) is 10.1. The summed E-state index contributed by atoms with van der Waals surface area (Å²) in [5.74, 6) is -0.222. The zero-order chi connectivity index (χ0) is 10.8. The average molecular weight is 205 g/mol. The topological polar surface area (TPSA) is 67.8 Å². The molecule has 14 heavy (non-hydrogen) atoms. The number of hydrogen-bond acceptors (Lipinski definition) is 4. The molecule has 5 nitrogen and oxygen atoms in total. The van der Waals surface area contributed by atoms with E-state index in [1.807, 2.05) is 13.8 Å². The van der Waals surface area contributed by atoms with E-state index in [0.29, 0.717) is 26.2 Å². The number of aliphatic hydroxyl groups excluding tert-OH is 1. The van der Waals surface area contributed by atoms with Crippen molar-refractivity contribution >= 4 is 6.41 Å². The molecule has 1 amide bonds. The minimum absolute atomic E-state index is 0.0779. The van der Waals surface area contributed by atoms with E-state index in [-0.39, 0.29) is 12.5 Å². The molecule has 0 heterocycles. The summed E-state index contributed by atoms with van der Waals surface area (Å²) in [7, 11) is 0. The maximum atomic E-state index is 10.1. The molecule has 2 N–H and O–H groups in total. The Morgan fingerprint density at radius 1 is 1.36 bits per heavy atom. The lowest BCUT2D eigenvalue weighted by atomic mass is 10.1. The van der Waals surface area contributed by atoms with Crippen LogP contribution in [0.15, 0.2) is 0 Å². The molecule has 0 aromatic heterocycles. The maximum absolute atomic E-state index is 10.1. The third kappa shape index (κ3) is 5.16. The van der Waals surface area contributed by atoms with Crippen LogP contribution < -0.4 is 5.32 Å². The number of carbonyl (C=O) groups excluding carboxylic acids is 1. The van der Waals surface area contributed by atoms with Crippen LogP contribution >= 0.6 is 0 Å². The summed E-state index contributed by atoms with van der Waals surface area (Å²) in [6, 6.07) is 0. The zero-order valence-electron chi connectivity index (χ0n) is 8.73. The highest BCUT2D eigenvalue weighted by atomic mass is 16.7. The highest BCUT2D eigenvalue weighted by molar-refractivity contribution is 5.45. The molecule has 0 aliphatic rings. The van der Waals surface area contributed by atoms with Crippen LogP contribution in [0.2, 0.25) is 0 Å². The third-order valence-electron chi connectivity index (χ3n) is 1.74. The van der Waals surface area contributed by atoms with Crippen molar-refractivity contribution in [3.05, 3.63) is 0 Å². The van der Waals surface area contributed by atoms with E-state index >= 15 is 0 Å². The van der Waals surface area contributed by atoms with Gasteiger partial charge in [0.25, 0.3) is 0 Å². The number of nitrogens with one attached hydrogen (secondary N) is 1. The maximum Gasteiger partial charge on any atom is 0.207 e. The lowest BCUT2D eigenvalue weighted by molar-refractivity contribution is -0.172. The summed E-state index contributed by atoms with van der Waals surface area (Å²) in [6.45, 7) is 5.02. The first-order valence-corrected chi connectivity index (χ1v) is 4.81. The molecule has 0 fully saturated rings. The Balaban J connectivity index is 4.02. The molecule has 0 saturated heterocycles. The van der Waals surface area contributed by atoms with Crippen molar-refractivity contribution in [3.8, 4) is 0 Å². The Hall–Kier alpha value is -0.650. The van der Waals surface area contributed by atoms with Gasteiger partial charge in [0.05, 0.1) is 12.5 Å². The van der Waals surface area contributed by atoms with Crippen molar-refractivity contribution in [1.82, 2.24) is 5.32 Å². The van der Waals surface area contributed by atoms with Crippen molar-refractivity contribution in [1.29, 1.82) is 0 Å². The van der Waals surface area contributed by atoms with Crippen molar-refractivity contribution < 1.29 is 19.4 Å². The van der Waals surface area contributed by atoms with Crippen molar-refractivity contribution in [2.45, 2.75) is 20.1 Å². The Bertz CT molecular complexity index is 137. The van der Waals surface area contributed by atoms with Gasteiger partial charge in [-0.3, -0.25) is 4.79 Å². The number of aliphatic hydroxyl groups is 1. The van der Waals surface area contributed by atoms with E-state index in [1.165, 1.54) is 0 Å². The number of hydrogen-bond donors (Lipinski definition) is 2. The molecule has 0 aromatic carbocycles. The van der Waals surface area contributed by atoms with Gasteiger partial charge in [-0.15, -0.1) is 0 Å². The highest BCUT2D eigenvalue weighted by Crippen LogP contribution is 2.08. The van der Waals surface area contributed by atoms with Gasteiger partial charge in [0.15, 0.2) is 6.29 Å². The molecular weight excluding hydrogens is 186 g/mol. The number of amides is 1. The van der Waals surface area contributed by atoms with Crippen LogP contribution in [0.4, 0.5) is 0 Å². The molecule has 5 heteroatoms. The van der Waals surface area contributed by atoms with Gasteiger partial charge in [-0.25, -0.2) is 0 Å². The monoisotopic (exact) mass is 205 g/mol. The second-order valence-corrected chi connectivity index (χ2v) is 2.75. The first-order valence-electron chi connectivity index (χ1n) is 4.81. The second-order valence-electron chi connectivity index (χ2n) is 2.75. The zero-order valence-corrected chi connectivity index (χ0v) is 8.73. The fourth-order valence-corrected chi connectivity index (χ4v) is 1.10. The summed E-state index contributed by atoms with van der Waals surface area (Å²) < 4.78 is 10.6. The van der Waals surface area contributed by atoms with Crippen molar-refractivity contribution in [2.75, 3.05) is 26.4 Å². The first kappa shape index (κ1) is 13.4. The molecule has 0 aliphatic carbocycles. The van der Waals surface area contributed by atoms with Gasteiger partial charge < -0.3 is 19.9 Å². The Kier molecular flexibility index (Phi) is 8.51. The van der Waals surface area contributed by atoms with Crippen LogP contribution in [0.25, 0.3) is 0 Å². The molecule has 0 aliphatic heterocycles. The lowest BCUT2D eigenvalue weighted by Gasteiger charge is -2.24. The van der Waals surface area contributed by atoms with Crippen LogP contribution in [0, 0.1) is 5.92 Å². The molecule has 1 atom stereocenters. The third-order valence-corrected chi connectivity index (χ3v) is 1.74. The van der Waals surface area contributed by atoms with Crippen LogP contribution in [0.5, 0.6) is 0 Å². The molecule has 84 valence electrons. The van der Waals surface area contributed by atoms with Gasteiger partial charge in [0.1, 0.15) is 0 Å². The molecular formula is C9H19NO4. The molecule has 0 radical (unpaired) electrons. The molecule has 0 spiro atoms. The van der Waals surface area contributed by atoms with E-state index < -0.39 is 6.29 Å². The summed E-state index contributed by atoms with van der Waals surface area (Å²) in [5.41, 5.74) is 0. The van der Waals surface area contributed by atoms with Crippen LogP contribution in [0.1, 0.15) is 13.8 Å². The summed E-state index contributed by atoms with van der Waals surface area (Å²) in [6.07, 6.45) is 0.139. The van der Waals surface area contributed by atoms with Crippen LogP contribution in [-0.4, -0.2) is 44.2 Å². The lowest BCUT2D eigenvalue weighted by Crippen LogP contribution is -2.37. The van der Waals surface area contributed by atoms with Crippen molar-refractivity contribution in [2.24, 2.45) is 5.92 Å². The van der Waals surface area contributed by atoms with E-state index in [1.54, 1.807) is 0 Å². The first-order chi connectivity index (χ1) is 6.79. The van der Waals surface area contributed by atoms with E-state index in [4.69, 9.17) is 14.6 Å². The predicted molar refractivity (Wildman–Crippen MR) is 51.7 cm³/mol. The van der Waals surface area contributed by atoms with E-state index in [0.717, 1.165) is 0 Å². The molecule has 0 saturated carbocycles. The Labute approximate surface area is 84.4 Å². The summed E-state index contributed by atoms with van der Waals surface area (Å²) in [5, 5.41) is 11.6. The fraction of sp³-hybridized carbons (Fsp3) is 0.889. The molecule has 0 aromatic rings. The van der Waals surface area contributed by atoms with Gasteiger partial charge in [-0.05, 0) is 13.8 Å². The minimum atomic E-state index is -0.456. The van der Waals surface area contributed by atoms with Crippen LogP contribution in [-0.2, 0) is 14.3 Å². The molecule has 0 rings (SSSR count). The quantitative estimate of drug-likeness (QED) is 0.402. The smallest absolute Gasteiger partial charge is 0.207 e. The van der Waals surface area contributed by atoms with Crippen molar-refractivity contribution in [3.63, 3.8) is 0 Å². The van der Waals surface area contributed by atoms with Gasteiger partial charge in [-0.2, -0.15) is 0 Å². The largest absolute Gasteiger partial charge is 0.396 e. The Morgan fingerprint density at radius 3 is 2.29 bits per heavy atom. The highest BCUT2D eigenvalue weighted by Gasteiger charge is 2.21. The number of carbonyl (C=O) groups is 1. The van der Waals surface area contributed by atoms with Gasteiger partial charge in [0.2, 0.25) is 6.41 Å². The fourth-order valence-electron chi connectivity index (χ4n) is 1.10. The van der Waals surface area contributed by atoms with E-state index in [9.17, 15) is 4.79 Å². The SMILES string of the molecule is CCOC(OCC)[C@@H](CO)CNC=O. The number of ether oxygens (including phenoxy) is 2. The number of rotatable bonds is 9. The van der Waals surface area contributed by atoms with E-state index in [2.05, 4.69) is 5.32 Å². The molecule has 0 bridgehead atoms. The Morgan fingerprint density at radius 2 is 1.93 bits per heavy atom. The normalized spacial score (nSPS) is 12.9.